The predicted octanol–water partition coefficient (Wildman–Crippen LogP) is 29.3. The van der Waals surface area contributed by atoms with Crippen LogP contribution in [0.3, 0.4) is 0 Å². The Morgan fingerprint density at radius 3 is 0.712 bits per heavy atom. The van der Waals surface area contributed by atoms with Crippen LogP contribution in [-0.2, 0) is 0 Å². The molecule has 20 rings (SSSR count). The normalized spacial score (nSPS) is 20.7. The molecule has 0 saturated heterocycles. The third-order valence-electron chi connectivity index (χ3n) is 15.8. The highest BCUT2D eigenvalue weighted by Crippen LogP contribution is 2.49. The van der Waals surface area contributed by atoms with Crippen molar-refractivity contribution in [3.8, 4) is 100 Å². The predicted molar refractivity (Wildman–Crippen MR) is 448 cm³/mol. The summed E-state index contributed by atoms with van der Waals surface area (Å²) in [5, 5.41) is -10.7. The Labute approximate surface area is 705 Å². The van der Waals surface area contributed by atoms with E-state index in [-0.39, 0.29) is 0 Å². The largest absolute Gasteiger partial charge is 0.0636 e. The molecule has 104 heavy (non-hydrogen) atoms. The number of fused-ring (bicyclic) bond motifs is 8. The van der Waals surface area contributed by atoms with Crippen LogP contribution >= 0.6 is 0 Å². The summed E-state index contributed by atoms with van der Waals surface area (Å²) in [4.78, 5) is 0. The van der Waals surface area contributed by atoms with E-state index in [4.69, 9.17) is 80.9 Å². The van der Waals surface area contributed by atoms with Gasteiger partial charge in [-0.25, -0.2) is 0 Å². The summed E-state index contributed by atoms with van der Waals surface area (Å²) >= 11 is 0. The third kappa shape index (κ3) is 11.8. The van der Waals surface area contributed by atoms with Crippen LogP contribution in [0.25, 0.3) is 186 Å². The summed E-state index contributed by atoms with van der Waals surface area (Å²) in [5.74, 6) is 0. The minimum absolute atomic E-state index is 0.546. The fourth-order valence-electron chi connectivity index (χ4n) is 11.6. The zero-order valence-electron chi connectivity index (χ0n) is 122. The van der Waals surface area contributed by atoms with E-state index in [1.54, 1.807) is 0 Å². The molecule has 0 aliphatic carbocycles. The molecular weight excluding hydrogens is 1250 g/mol. The van der Waals surface area contributed by atoms with Crippen molar-refractivity contribution in [1.82, 2.24) is 0 Å². The Bertz CT molecular complexity index is 10800. The summed E-state index contributed by atoms with van der Waals surface area (Å²) < 4.78 is 612. The average molecular weight is 1390 g/mol. The Morgan fingerprint density at radius 2 is 0.346 bits per heavy atom. The summed E-state index contributed by atoms with van der Waals surface area (Å²) in [6.07, 6.45) is 0. The van der Waals surface area contributed by atoms with Crippen molar-refractivity contribution in [3.05, 3.63) is 423 Å². The molecule has 0 aliphatic heterocycles. The summed E-state index contributed by atoms with van der Waals surface area (Å²) in [6.45, 7) is 0. The van der Waals surface area contributed by atoms with Gasteiger partial charge in [0.15, 0.2) is 0 Å². The van der Waals surface area contributed by atoms with E-state index in [0.717, 1.165) is 0 Å². The van der Waals surface area contributed by atoms with E-state index in [9.17, 15) is 15.1 Å². The molecule has 0 atom stereocenters. The second kappa shape index (κ2) is 27.9. The molecule has 0 heteroatoms. The molecule has 486 valence electrons. The zero-order chi connectivity index (χ0) is 130. The van der Waals surface area contributed by atoms with Gasteiger partial charge in [0.1, 0.15) is 0 Å². The maximum Gasteiger partial charge on any atom is 0.0636 e. The van der Waals surface area contributed by atoms with Crippen molar-refractivity contribution in [2.75, 3.05) is 0 Å². The first kappa shape index (κ1) is 23.0. The quantitative estimate of drug-likeness (QED) is 0.126. The minimum Gasteiger partial charge on any atom is -0.0622 e. The van der Waals surface area contributed by atoms with Crippen LogP contribution in [0.15, 0.2) is 423 Å². The molecule has 20 aromatic rings. The van der Waals surface area contributed by atoms with E-state index in [2.05, 4.69) is 0 Å². The van der Waals surface area contributed by atoms with Crippen LogP contribution in [0.2, 0.25) is 0 Å². The van der Waals surface area contributed by atoms with Gasteiger partial charge < -0.3 is 0 Å². The Kier molecular flexibility index (Phi) is 6.17. The number of rotatable bonds is 9. The number of hydrogen-bond acceptors (Lipinski definition) is 0. The van der Waals surface area contributed by atoms with Crippen LogP contribution in [-0.4, -0.2) is 0 Å². The highest BCUT2D eigenvalue weighted by atomic mass is 14.2. The van der Waals surface area contributed by atoms with Crippen molar-refractivity contribution in [2.45, 2.75) is 0 Å². The fourth-order valence-corrected chi connectivity index (χ4v) is 11.6. The van der Waals surface area contributed by atoms with Crippen molar-refractivity contribution < 1.29 is 96.0 Å². The first-order valence-electron chi connectivity index (χ1n) is 65.2. The molecule has 20 aromatic carbocycles. The van der Waals surface area contributed by atoms with Gasteiger partial charge in [0, 0.05) is 0 Å². The molecule has 0 radical (unpaired) electrons. The topological polar surface area (TPSA) is 0 Å². The van der Waals surface area contributed by atoms with Gasteiger partial charge in [-0.1, -0.05) is 399 Å². The second-order valence-electron chi connectivity index (χ2n) is 21.5. The van der Waals surface area contributed by atoms with Gasteiger partial charge in [-0.05, 0) is 210 Å². The molecular formula is C104H70. The van der Waals surface area contributed by atoms with E-state index in [1.807, 2.05) is 0 Å². The van der Waals surface area contributed by atoms with Crippen molar-refractivity contribution in [2.24, 2.45) is 0 Å². The van der Waals surface area contributed by atoms with Gasteiger partial charge in [-0.3, -0.25) is 0 Å². The molecule has 0 bridgehead atoms. The summed E-state index contributed by atoms with van der Waals surface area (Å²) in [6, 6.07) is -64.4. The smallest absolute Gasteiger partial charge is 0.0622 e. The Balaban J connectivity index is 0.000000166. The van der Waals surface area contributed by atoms with Gasteiger partial charge in [0.25, 0.3) is 0 Å². The van der Waals surface area contributed by atoms with Crippen LogP contribution in [0.5, 0.6) is 0 Å². The lowest BCUT2D eigenvalue weighted by atomic mass is 9.84. The lowest BCUT2D eigenvalue weighted by Gasteiger charge is -2.19. The number of hydrogen-bond donors (Lipinski definition) is 0. The molecule has 0 aromatic heterocycles. The van der Waals surface area contributed by atoms with Crippen LogP contribution in [0.4, 0.5) is 0 Å². The molecule has 0 nitrogen and oxygen atoms in total. The molecule has 0 N–H and O–H groups in total. The average Bonchev–Trinajstić information content (AvgIpc) is 0.697. The van der Waals surface area contributed by atoms with Crippen molar-refractivity contribution in [1.29, 1.82) is 0 Å². The van der Waals surface area contributed by atoms with Crippen molar-refractivity contribution >= 4 is 86.2 Å². The Morgan fingerprint density at radius 1 is 0.115 bits per heavy atom. The highest BCUT2D eigenvalue weighted by molar-refractivity contribution is 6.25. The minimum atomic E-state index is -1.03. The van der Waals surface area contributed by atoms with Gasteiger partial charge in [0.05, 0.1) is 96.0 Å². The zero-order valence-corrected chi connectivity index (χ0v) is 52.0. The summed E-state index contributed by atoms with van der Waals surface area (Å²) in [5.41, 5.74) is -13.4. The van der Waals surface area contributed by atoms with E-state index in [1.165, 1.54) is 0 Å². The Hall–Kier alpha value is -13.5. The number of benzene rings is 20. The van der Waals surface area contributed by atoms with Gasteiger partial charge in [-0.15, -0.1) is 0 Å². The van der Waals surface area contributed by atoms with E-state index in [0.29, 0.717) is 0 Å². The molecule has 0 unspecified atom stereocenters. The first-order valence-corrected chi connectivity index (χ1v) is 30.2. The molecule has 0 fully saturated rings. The maximum atomic E-state index is 9.86. The third-order valence-corrected chi connectivity index (χ3v) is 15.8. The molecule has 0 saturated carbocycles. The van der Waals surface area contributed by atoms with Gasteiger partial charge in [-0.2, -0.15) is 0 Å². The van der Waals surface area contributed by atoms with Gasteiger partial charge in [0.2, 0.25) is 0 Å². The monoisotopic (exact) mass is 1390 g/mol. The van der Waals surface area contributed by atoms with Crippen LogP contribution < -0.4 is 0 Å². The second-order valence-corrected chi connectivity index (χ2v) is 21.5. The summed E-state index contributed by atoms with van der Waals surface area (Å²) in [7, 11) is 0. The maximum absolute atomic E-state index is 9.86. The van der Waals surface area contributed by atoms with Crippen molar-refractivity contribution in [3.63, 3.8) is 0 Å². The molecule has 0 spiro atoms. The van der Waals surface area contributed by atoms with Gasteiger partial charge >= 0.3 is 0 Å². The first-order chi connectivity index (χ1) is 80.7. The molecule has 0 amide bonds. The van der Waals surface area contributed by atoms with Crippen LogP contribution in [0.1, 0.15) is 96.0 Å². The molecule has 0 aliphatic rings. The fraction of sp³-hybridized carbons (Fsp3) is 0. The lowest BCUT2D eigenvalue weighted by Crippen LogP contribution is -1.91. The van der Waals surface area contributed by atoms with Crippen LogP contribution in [0, 0.1) is 0 Å². The van der Waals surface area contributed by atoms with E-state index >= 15 is 0 Å². The standard InChI is InChI=1S/2C36H24.C32H22/c1-3-13-26(14-4-1)35-31-19-9-10-20-32(31)36(27-15-5-2-6-16-27)34-24-28(22-23-33(34)35)30-21-11-17-25-12-7-8-18-29(25)30;1-3-12-26(13-4-1)35-31-17-9-10-18-32(31)36(27-14-5-2-6-15-27)34-24-30(21-22-33(34)35)29-20-19-25-11-7-8-16-28(25)23-29;1-4-12-23(13-5-1)26-20-21-29-30(22-26)32(25-16-8-3-9-17-25)28-19-11-10-18-27(28)31(29)24-14-6-2-7-15-24/h2*1-24H;1-22H/i2*1D,2D,3D,4D,5D,6D,7D,8D,9D,10D,11D,12D,13D,14D,15D,16D,17D,18D,19D,20D,21D,22D,23D,24D;1D,2D,3D,4D,5D,6D,7D,8D,9D,10D,11D,12D,13D,14D,15D,16D,17D,18D,19D,20D,21D,22D. The highest BCUT2D eigenvalue weighted by Gasteiger charge is 2.22. The lowest BCUT2D eigenvalue weighted by molar-refractivity contribution is 1.63. The SMILES string of the molecule is [2H]c1c([2H])c([2H])c(-c2c([2H])c([2H])c3c(-c4c([2H])c([2H])c([2H])c([2H])c4[2H])c4c([2H])c([2H])c([2H])c([2H])c4c(-c4c([2H])c([2H])c([2H])c([2H])c4[2H])c3c2[2H])c([2H])c1[2H].[2H]c1c([2H])c([2H])c(-c2c3c([2H])c([2H])c([2H])c([2H])c3c(-c3c([2H])c([2H])c([2H])c([2H])c3[2H])c3c([2H])c(-c4c([2H])c([2H])c([2H])c5c([2H])c([2H])c([2H])c([2H])c45)c([2H])c([2H])c23)c([2H])c1[2H].[2H]c1c([2H])c([2H])c(-c2c3c([2H])c([2H])c([2H])c([2H])c3c(-c3c([2H])c([2H])c([2H])c([2H])c3[2H])c3c([2H])c(-c4c([2H])c([2H])c5c([2H])c([2H])c([2H])c([2H])c5c4[2H])c([2H])c([2H])c23)c([2H])c1[2H]. The van der Waals surface area contributed by atoms with E-state index < -0.39 is 609 Å². The molecule has 0 heterocycles.